The number of imide groups is 1. The van der Waals surface area contributed by atoms with Crippen molar-refractivity contribution in [3.8, 4) is 5.75 Å². The van der Waals surface area contributed by atoms with E-state index in [1.54, 1.807) is 13.0 Å². The summed E-state index contributed by atoms with van der Waals surface area (Å²) in [5.41, 5.74) is 5.59. The van der Waals surface area contributed by atoms with E-state index in [0.29, 0.717) is 10.5 Å². The number of pyridine rings is 1. The molecular formula is C25H27BN6O9. The maximum Gasteiger partial charge on any atom is 0.547 e. The average Bonchev–Trinajstić information content (AvgIpc) is 2.92. The smallest absolute Gasteiger partial charge is 0.545 e. The molecule has 3 heterocycles. The van der Waals surface area contributed by atoms with Crippen LogP contribution in [0.1, 0.15) is 34.5 Å². The van der Waals surface area contributed by atoms with E-state index in [2.05, 4.69) is 10.6 Å². The van der Waals surface area contributed by atoms with Gasteiger partial charge in [-0.25, -0.2) is 4.79 Å². The predicted molar refractivity (Wildman–Crippen MR) is 136 cm³/mol. The number of para-hydroxylation sites is 1. The number of urea groups is 1. The van der Waals surface area contributed by atoms with Gasteiger partial charge >= 0.3 is 25.0 Å². The van der Waals surface area contributed by atoms with Gasteiger partial charge in [0.05, 0.1) is 11.9 Å². The summed E-state index contributed by atoms with van der Waals surface area (Å²) in [5, 5.41) is 27.1. The minimum absolute atomic E-state index is 0.0214. The largest absolute Gasteiger partial charge is 0.547 e. The first kappa shape index (κ1) is 29.0. The first-order chi connectivity index (χ1) is 19.5. The number of primary amides is 1. The van der Waals surface area contributed by atoms with Crippen LogP contribution < -0.4 is 30.7 Å². The predicted octanol–water partition coefficient (Wildman–Crippen LogP) is -3.60. The number of carbonyl (C=O) groups is 6. The average molecular weight is 566 g/mol. The highest BCUT2D eigenvalue weighted by atomic mass is 16.5. The fraction of sp³-hybridized carbons (Fsp3) is 0.320. The molecule has 15 nitrogen and oxygen atoms in total. The second kappa shape index (κ2) is 12.0. The number of hydrogen-bond acceptors (Lipinski definition) is 9. The van der Waals surface area contributed by atoms with Crippen LogP contribution in [0.4, 0.5) is 4.79 Å². The van der Waals surface area contributed by atoms with Gasteiger partial charge in [0.25, 0.3) is 5.91 Å². The number of rotatable bonds is 8. The summed E-state index contributed by atoms with van der Waals surface area (Å²) in [7, 11) is -1.65. The number of likely N-dealkylation sites (N-methyl/N-ethyl adjacent to an activating group) is 1. The Hall–Kier alpha value is -4.99. The summed E-state index contributed by atoms with van der Waals surface area (Å²) in [5.74, 6) is -6.04. The number of benzene rings is 1. The third-order valence-electron chi connectivity index (χ3n) is 6.69. The molecule has 0 saturated carbocycles. The lowest BCUT2D eigenvalue weighted by Gasteiger charge is -2.33. The van der Waals surface area contributed by atoms with E-state index in [1.165, 1.54) is 46.1 Å². The number of aromatic carboxylic acids is 1. The van der Waals surface area contributed by atoms with Crippen LogP contribution in [-0.4, -0.2) is 83.1 Å². The lowest BCUT2D eigenvalue weighted by Crippen LogP contribution is -2.60. The zero-order chi connectivity index (χ0) is 29.8. The second-order valence-electron chi connectivity index (χ2n) is 9.41. The number of carbonyl (C=O) groups excluding carboxylic acids is 6. The van der Waals surface area contributed by atoms with Crippen molar-refractivity contribution in [1.29, 1.82) is 0 Å². The molecule has 2 aromatic rings. The first-order valence-corrected chi connectivity index (χ1v) is 12.7. The number of carboxylic acids is 1. The van der Waals surface area contributed by atoms with Crippen LogP contribution in [0, 0.1) is 0 Å². The fourth-order valence-electron chi connectivity index (χ4n) is 4.64. The van der Waals surface area contributed by atoms with Crippen molar-refractivity contribution in [2.24, 2.45) is 5.73 Å². The van der Waals surface area contributed by atoms with E-state index in [-0.39, 0.29) is 49.5 Å². The van der Waals surface area contributed by atoms with E-state index in [4.69, 9.17) is 10.4 Å². The Bertz CT molecular complexity index is 1420. The van der Waals surface area contributed by atoms with Gasteiger partial charge in [-0.3, -0.25) is 24.1 Å². The molecule has 1 aromatic carbocycles. The van der Waals surface area contributed by atoms with Crippen molar-refractivity contribution in [1.82, 2.24) is 20.4 Å². The summed E-state index contributed by atoms with van der Waals surface area (Å²) < 4.78 is 6.78. The number of nitrogens with one attached hydrogen (secondary N) is 2. The molecule has 0 radical (unpaired) electrons. The quantitative estimate of drug-likeness (QED) is 0.141. The van der Waals surface area contributed by atoms with E-state index >= 15 is 0 Å². The Morgan fingerprint density at radius 1 is 1.20 bits per heavy atom. The minimum atomic E-state index is -1.65. The van der Waals surface area contributed by atoms with Crippen molar-refractivity contribution in [2.45, 2.75) is 31.9 Å². The van der Waals surface area contributed by atoms with Gasteiger partial charge in [-0.05, 0) is 31.0 Å². The molecule has 0 bridgehead atoms. The number of nitrogens with two attached hydrogens (primary N) is 1. The molecule has 2 aliphatic rings. The van der Waals surface area contributed by atoms with Gasteiger partial charge in [0.1, 0.15) is 11.8 Å². The number of amides is 6. The van der Waals surface area contributed by atoms with Crippen LogP contribution in [-0.2, 0) is 32.1 Å². The van der Waals surface area contributed by atoms with E-state index in [0.717, 1.165) is 0 Å². The maximum absolute atomic E-state index is 13.6. The molecule has 2 atom stereocenters. The third kappa shape index (κ3) is 6.27. The van der Waals surface area contributed by atoms with Crippen LogP contribution in [0.25, 0.3) is 0 Å². The third-order valence-corrected chi connectivity index (χ3v) is 6.69. The lowest BCUT2D eigenvalue weighted by molar-refractivity contribution is -0.684. The number of hydrogen-bond donors (Lipinski definition) is 4. The van der Waals surface area contributed by atoms with E-state index in [1.807, 2.05) is 0 Å². The van der Waals surface area contributed by atoms with Gasteiger partial charge in [-0.1, -0.05) is 12.1 Å². The molecule has 1 aromatic heterocycles. The highest BCUT2D eigenvalue weighted by molar-refractivity contribution is 6.47. The molecule has 41 heavy (non-hydrogen) atoms. The summed E-state index contributed by atoms with van der Waals surface area (Å²) in [6, 6.07) is 4.81. The van der Waals surface area contributed by atoms with Crippen LogP contribution in [0.15, 0.2) is 42.7 Å². The highest BCUT2D eigenvalue weighted by Crippen LogP contribution is 2.30. The molecule has 16 heteroatoms. The number of piperazine rings is 1. The van der Waals surface area contributed by atoms with Gasteiger partial charge in [-0.15, -0.1) is 0 Å². The zero-order valence-corrected chi connectivity index (χ0v) is 21.9. The van der Waals surface area contributed by atoms with Gasteiger partial charge in [0, 0.05) is 36.8 Å². The molecule has 1 fully saturated rings. The van der Waals surface area contributed by atoms with Crippen LogP contribution >= 0.6 is 0 Å². The topological polar surface area (TPSA) is 215 Å². The van der Waals surface area contributed by atoms with E-state index in [9.17, 15) is 38.9 Å². The van der Waals surface area contributed by atoms with Crippen LogP contribution in [0.2, 0.25) is 0 Å². The van der Waals surface area contributed by atoms with Gasteiger partial charge in [0.15, 0.2) is 12.4 Å². The Kier molecular flexibility index (Phi) is 8.52. The molecule has 4 rings (SSSR count). The Labute approximate surface area is 234 Å². The number of carboxylic acid groups (broad SMARTS) is 1. The number of nitrogens with zero attached hydrogens (tertiary/aromatic N) is 3. The Balaban J connectivity index is 1.59. The van der Waals surface area contributed by atoms with Gasteiger partial charge < -0.3 is 40.8 Å². The second-order valence-corrected chi connectivity index (χ2v) is 9.41. The summed E-state index contributed by atoms with van der Waals surface area (Å²) >= 11 is 0. The first-order valence-electron chi connectivity index (χ1n) is 12.7. The Morgan fingerprint density at radius 3 is 2.63 bits per heavy atom. The minimum Gasteiger partial charge on any atom is -0.545 e. The van der Waals surface area contributed by atoms with Crippen LogP contribution in [0.3, 0.4) is 0 Å². The SMILES string of the molecule is CCN1CCN(C(=O)NC(C(=O)N[C@H]2Cc3cccc(C(=O)[O-])c3OB2O)c2ccc[n+](CC(N)=O)c2)C(=O)C1=O. The van der Waals surface area contributed by atoms with E-state index < -0.39 is 54.7 Å². The van der Waals surface area contributed by atoms with Crippen molar-refractivity contribution >= 4 is 42.7 Å². The number of fused-ring (bicyclic) bond motifs is 1. The zero-order valence-electron chi connectivity index (χ0n) is 21.9. The Morgan fingerprint density at radius 2 is 1.95 bits per heavy atom. The summed E-state index contributed by atoms with van der Waals surface area (Å²) in [6.45, 7) is 1.78. The van der Waals surface area contributed by atoms with Crippen molar-refractivity contribution in [2.75, 3.05) is 19.6 Å². The molecule has 0 aliphatic carbocycles. The normalized spacial score (nSPS) is 17.3. The van der Waals surface area contributed by atoms with Crippen molar-refractivity contribution in [3.63, 3.8) is 0 Å². The van der Waals surface area contributed by atoms with Crippen LogP contribution in [0.5, 0.6) is 5.75 Å². The molecule has 0 spiro atoms. The monoisotopic (exact) mass is 566 g/mol. The molecule has 1 saturated heterocycles. The van der Waals surface area contributed by atoms with Crippen molar-refractivity contribution < 1.29 is 48.1 Å². The lowest BCUT2D eigenvalue weighted by atomic mass is 9.72. The molecule has 6 amide bonds. The molecule has 5 N–H and O–H groups in total. The molecule has 214 valence electrons. The summed E-state index contributed by atoms with van der Waals surface area (Å²) in [6.07, 6.45) is 2.89. The molecular weight excluding hydrogens is 539 g/mol. The molecule has 1 unspecified atom stereocenters. The van der Waals surface area contributed by atoms with Gasteiger partial charge in [-0.2, -0.15) is 4.57 Å². The fourth-order valence-corrected chi connectivity index (χ4v) is 4.64. The molecule has 2 aliphatic heterocycles. The standard InChI is InChI=1S/C25H27BN6O9/c1-2-31-9-10-32(23(36)22(31)35)25(39)29-19(15-6-4-8-30(12-15)13-18(27)33)21(34)28-17-11-14-5-3-7-16(24(37)38)20(14)41-26(17)40/h3-8,12,17,19,40H,2,9-11,13H2,1H3,(H4-,27,28,29,33,34,37,38,39)/t17-,19?/m0/s1. The van der Waals surface area contributed by atoms with Gasteiger partial charge in [0.2, 0.25) is 12.5 Å². The number of aromatic nitrogens is 1. The summed E-state index contributed by atoms with van der Waals surface area (Å²) in [4.78, 5) is 76.5. The highest BCUT2D eigenvalue weighted by Gasteiger charge is 2.41. The maximum atomic E-state index is 13.6. The van der Waals surface area contributed by atoms with Crippen molar-refractivity contribution in [3.05, 3.63) is 59.4 Å².